The van der Waals surface area contributed by atoms with Crippen LogP contribution in [-0.2, 0) is 19.6 Å². The number of anilines is 1. The second kappa shape index (κ2) is 9.07. The first-order valence-electron chi connectivity index (χ1n) is 9.35. The summed E-state index contributed by atoms with van der Waals surface area (Å²) >= 11 is 0. The van der Waals surface area contributed by atoms with Gasteiger partial charge in [0, 0.05) is 24.7 Å². The van der Waals surface area contributed by atoms with E-state index in [0.29, 0.717) is 24.1 Å². The highest BCUT2D eigenvalue weighted by Crippen LogP contribution is 2.27. The summed E-state index contributed by atoms with van der Waals surface area (Å²) < 4.78 is 32.1. The smallest absolute Gasteiger partial charge is 0.339 e. The average Bonchev–Trinajstić information content (AvgIpc) is 2.78. The largest absolute Gasteiger partial charge is 0.465 e. The summed E-state index contributed by atoms with van der Waals surface area (Å²) in [6.07, 6.45) is 0.701. The Balaban J connectivity index is 1.68. The van der Waals surface area contributed by atoms with Crippen molar-refractivity contribution >= 4 is 27.6 Å². The number of hydrogen-bond donors (Lipinski definition) is 1. The number of benzene rings is 2. The molecule has 0 aromatic heterocycles. The number of carbonyl (C=O) groups excluding carboxylic acids is 2. The van der Waals surface area contributed by atoms with E-state index in [2.05, 4.69) is 10.1 Å². The van der Waals surface area contributed by atoms with Gasteiger partial charge in [-0.2, -0.15) is 9.57 Å². The van der Waals surface area contributed by atoms with Gasteiger partial charge in [-0.3, -0.25) is 4.79 Å². The lowest BCUT2D eigenvalue weighted by molar-refractivity contribution is -0.120. The maximum Gasteiger partial charge on any atom is 0.339 e. The van der Waals surface area contributed by atoms with Crippen LogP contribution in [0.4, 0.5) is 5.69 Å². The SMILES string of the molecule is COC(=O)c1ccccc1S(=O)(=O)N1CCC(C(=O)Nc2cccc(C#N)c2)CC1. The number of nitriles is 1. The van der Waals surface area contributed by atoms with Crippen LogP contribution in [0.1, 0.15) is 28.8 Å². The third-order valence-corrected chi connectivity index (χ3v) is 6.95. The summed E-state index contributed by atoms with van der Waals surface area (Å²) in [6, 6.07) is 14.5. The minimum absolute atomic E-state index is 0.0164. The van der Waals surface area contributed by atoms with Crippen LogP contribution in [0.3, 0.4) is 0 Å². The quantitative estimate of drug-likeness (QED) is 0.733. The molecule has 2 aromatic rings. The van der Waals surface area contributed by atoms with Gasteiger partial charge in [0.25, 0.3) is 0 Å². The fraction of sp³-hybridized carbons (Fsp3) is 0.286. The van der Waals surface area contributed by atoms with Crippen LogP contribution < -0.4 is 5.32 Å². The van der Waals surface area contributed by atoms with Gasteiger partial charge in [-0.25, -0.2) is 13.2 Å². The summed E-state index contributed by atoms with van der Waals surface area (Å²) in [7, 11) is -2.70. The summed E-state index contributed by atoms with van der Waals surface area (Å²) in [5, 5.41) is 11.7. The molecule has 1 saturated heterocycles. The van der Waals surface area contributed by atoms with Gasteiger partial charge in [0.2, 0.25) is 15.9 Å². The first kappa shape index (κ1) is 21.5. The van der Waals surface area contributed by atoms with E-state index >= 15 is 0 Å². The maximum absolute atomic E-state index is 13.1. The molecule has 1 fully saturated rings. The number of rotatable bonds is 5. The van der Waals surface area contributed by atoms with Gasteiger partial charge in [0.15, 0.2) is 0 Å². The number of nitrogens with one attached hydrogen (secondary N) is 1. The number of piperidine rings is 1. The lowest BCUT2D eigenvalue weighted by Crippen LogP contribution is -2.41. The number of nitrogens with zero attached hydrogens (tertiary/aromatic N) is 2. The molecular formula is C21H21N3O5S. The second-order valence-electron chi connectivity index (χ2n) is 6.85. The molecule has 0 atom stereocenters. The van der Waals surface area contributed by atoms with E-state index in [9.17, 15) is 18.0 Å². The minimum Gasteiger partial charge on any atom is -0.465 e. The van der Waals surface area contributed by atoms with Crippen molar-refractivity contribution < 1.29 is 22.7 Å². The zero-order valence-electron chi connectivity index (χ0n) is 16.4. The van der Waals surface area contributed by atoms with E-state index in [1.54, 1.807) is 36.4 Å². The van der Waals surface area contributed by atoms with Crippen LogP contribution in [0.2, 0.25) is 0 Å². The first-order valence-corrected chi connectivity index (χ1v) is 10.8. The lowest BCUT2D eigenvalue weighted by atomic mass is 9.97. The molecular weight excluding hydrogens is 406 g/mol. The molecule has 156 valence electrons. The standard InChI is InChI=1S/C21H21N3O5S/c1-29-21(26)18-7-2-3-8-19(18)30(27,28)24-11-9-16(10-12-24)20(25)23-17-6-4-5-15(13-17)14-22/h2-8,13,16H,9-12H2,1H3,(H,23,25). The van der Waals surface area contributed by atoms with Gasteiger partial charge in [-0.05, 0) is 43.2 Å². The normalized spacial score (nSPS) is 15.2. The van der Waals surface area contributed by atoms with Crippen molar-refractivity contribution in [1.29, 1.82) is 5.26 Å². The topological polar surface area (TPSA) is 117 Å². The molecule has 0 spiro atoms. The van der Waals surface area contributed by atoms with E-state index in [1.807, 2.05) is 6.07 Å². The van der Waals surface area contributed by atoms with E-state index in [0.717, 1.165) is 0 Å². The predicted molar refractivity (Wildman–Crippen MR) is 109 cm³/mol. The Morgan fingerprint density at radius 3 is 2.50 bits per heavy atom. The number of hydrogen-bond acceptors (Lipinski definition) is 6. The molecule has 0 saturated carbocycles. The highest BCUT2D eigenvalue weighted by atomic mass is 32.2. The number of methoxy groups -OCH3 is 1. The second-order valence-corrected chi connectivity index (χ2v) is 8.75. The molecule has 3 rings (SSSR count). The molecule has 0 bridgehead atoms. The zero-order chi connectivity index (χ0) is 21.7. The summed E-state index contributed by atoms with van der Waals surface area (Å²) in [5.41, 5.74) is 0.955. The number of ether oxygens (including phenoxy) is 1. The van der Waals surface area contributed by atoms with Crippen molar-refractivity contribution in [3.63, 3.8) is 0 Å². The Hall–Kier alpha value is -3.22. The molecule has 30 heavy (non-hydrogen) atoms. The molecule has 2 aromatic carbocycles. The molecule has 1 N–H and O–H groups in total. The van der Waals surface area contributed by atoms with Crippen LogP contribution in [0.25, 0.3) is 0 Å². The number of carbonyl (C=O) groups is 2. The van der Waals surface area contributed by atoms with Crippen molar-refractivity contribution in [3.05, 3.63) is 59.7 Å². The van der Waals surface area contributed by atoms with Crippen molar-refractivity contribution in [3.8, 4) is 6.07 Å². The van der Waals surface area contributed by atoms with Crippen LogP contribution in [0.15, 0.2) is 53.4 Å². The van der Waals surface area contributed by atoms with Crippen LogP contribution in [0, 0.1) is 17.2 Å². The fourth-order valence-electron chi connectivity index (χ4n) is 3.38. The highest BCUT2D eigenvalue weighted by molar-refractivity contribution is 7.89. The average molecular weight is 427 g/mol. The van der Waals surface area contributed by atoms with E-state index in [4.69, 9.17) is 5.26 Å². The molecule has 1 aliphatic rings. The van der Waals surface area contributed by atoms with Crippen molar-refractivity contribution in [2.24, 2.45) is 5.92 Å². The van der Waals surface area contributed by atoms with Gasteiger partial charge in [-0.1, -0.05) is 18.2 Å². The minimum atomic E-state index is -3.90. The summed E-state index contributed by atoms with van der Waals surface area (Å²) in [6.45, 7) is 0.322. The third kappa shape index (κ3) is 4.50. The molecule has 8 nitrogen and oxygen atoms in total. The zero-order valence-corrected chi connectivity index (χ0v) is 17.2. The number of amides is 1. The van der Waals surface area contributed by atoms with Gasteiger partial charge in [0.1, 0.15) is 0 Å². The fourth-order valence-corrected chi connectivity index (χ4v) is 5.03. The predicted octanol–water partition coefficient (Wildman–Crippen LogP) is 2.38. The molecule has 1 aliphatic heterocycles. The van der Waals surface area contributed by atoms with Gasteiger partial charge >= 0.3 is 5.97 Å². The molecule has 0 radical (unpaired) electrons. The number of esters is 1. The number of sulfonamides is 1. The molecule has 0 aliphatic carbocycles. The van der Waals surface area contributed by atoms with Crippen LogP contribution in [-0.4, -0.2) is 44.8 Å². The van der Waals surface area contributed by atoms with E-state index < -0.39 is 16.0 Å². The Kier molecular flexibility index (Phi) is 6.50. The molecule has 1 amide bonds. The molecule has 9 heteroatoms. The van der Waals surface area contributed by atoms with E-state index in [-0.39, 0.29) is 35.4 Å². The summed E-state index contributed by atoms with van der Waals surface area (Å²) in [4.78, 5) is 24.4. The Bertz CT molecular complexity index is 1100. The summed E-state index contributed by atoms with van der Waals surface area (Å²) in [5.74, 6) is -1.28. The molecule has 1 heterocycles. The highest BCUT2D eigenvalue weighted by Gasteiger charge is 2.34. The first-order chi connectivity index (χ1) is 14.4. The molecule has 0 unspecified atom stereocenters. The van der Waals surface area contributed by atoms with E-state index in [1.165, 1.54) is 23.5 Å². The van der Waals surface area contributed by atoms with Crippen molar-refractivity contribution in [2.75, 3.05) is 25.5 Å². The Labute approximate surface area is 175 Å². The Morgan fingerprint density at radius 2 is 1.83 bits per heavy atom. The van der Waals surface area contributed by atoms with Crippen molar-refractivity contribution in [1.82, 2.24) is 4.31 Å². The van der Waals surface area contributed by atoms with Crippen LogP contribution in [0.5, 0.6) is 0 Å². The van der Waals surface area contributed by atoms with Crippen LogP contribution >= 0.6 is 0 Å². The third-order valence-electron chi connectivity index (χ3n) is 4.99. The van der Waals surface area contributed by atoms with Gasteiger partial charge in [0.05, 0.1) is 29.2 Å². The van der Waals surface area contributed by atoms with Gasteiger partial charge < -0.3 is 10.1 Å². The van der Waals surface area contributed by atoms with Crippen molar-refractivity contribution in [2.45, 2.75) is 17.7 Å². The Morgan fingerprint density at radius 1 is 1.13 bits per heavy atom. The monoisotopic (exact) mass is 427 g/mol. The lowest BCUT2D eigenvalue weighted by Gasteiger charge is -2.31. The maximum atomic E-state index is 13.1. The van der Waals surface area contributed by atoms with Gasteiger partial charge in [-0.15, -0.1) is 0 Å².